The second-order valence-corrected chi connectivity index (χ2v) is 5.82. The fourth-order valence-corrected chi connectivity index (χ4v) is 3.19. The molecule has 0 radical (unpaired) electrons. The molecule has 1 atom stereocenters. The van der Waals surface area contributed by atoms with Gasteiger partial charge in [0.25, 0.3) is 0 Å². The zero-order valence-corrected chi connectivity index (χ0v) is 12.4. The number of benzene rings is 2. The molecule has 0 amide bonds. The van der Waals surface area contributed by atoms with Gasteiger partial charge in [-0.3, -0.25) is 0 Å². The highest BCUT2D eigenvalue weighted by atomic mass is 32.1. The summed E-state index contributed by atoms with van der Waals surface area (Å²) in [5, 5.41) is 12.6. The maximum absolute atomic E-state index is 13.8. The van der Waals surface area contributed by atoms with Gasteiger partial charge in [-0.2, -0.15) is 0 Å². The van der Waals surface area contributed by atoms with Crippen LogP contribution in [0.25, 0.3) is 10.1 Å². The van der Waals surface area contributed by atoms with E-state index < -0.39 is 11.9 Å². The Hall–Kier alpha value is -1.91. The number of aliphatic hydroxyl groups excluding tert-OH is 1. The Morgan fingerprint density at radius 2 is 2.05 bits per heavy atom. The summed E-state index contributed by atoms with van der Waals surface area (Å²) in [5.41, 5.74) is 1.37. The monoisotopic (exact) mass is 302 g/mol. The Kier molecular flexibility index (Phi) is 3.90. The van der Waals surface area contributed by atoms with E-state index in [1.807, 2.05) is 12.1 Å². The van der Waals surface area contributed by atoms with Gasteiger partial charge in [-0.15, -0.1) is 11.3 Å². The van der Waals surface area contributed by atoms with Crippen LogP contribution in [0.4, 0.5) is 4.39 Å². The first kappa shape index (κ1) is 14.0. The average molecular weight is 302 g/mol. The van der Waals surface area contributed by atoms with Crippen LogP contribution in [-0.2, 0) is 6.61 Å². The molecule has 0 saturated heterocycles. The van der Waals surface area contributed by atoms with E-state index in [9.17, 15) is 9.50 Å². The lowest BCUT2D eigenvalue weighted by atomic mass is 10.1. The minimum Gasteiger partial charge on any atom is -0.489 e. The number of hydrogen-bond donors (Lipinski definition) is 1. The van der Waals surface area contributed by atoms with Gasteiger partial charge >= 0.3 is 0 Å². The van der Waals surface area contributed by atoms with E-state index >= 15 is 0 Å². The molecule has 2 nitrogen and oxygen atoms in total. The van der Waals surface area contributed by atoms with Crippen LogP contribution in [0.3, 0.4) is 0 Å². The van der Waals surface area contributed by atoms with Crippen LogP contribution < -0.4 is 4.74 Å². The molecule has 1 aromatic heterocycles. The molecule has 3 aromatic rings. The molecule has 108 valence electrons. The summed E-state index contributed by atoms with van der Waals surface area (Å²) in [7, 11) is 0. The van der Waals surface area contributed by atoms with Gasteiger partial charge < -0.3 is 9.84 Å². The number of ether oxygens (including phenoxy) is 1. The van der Waals surface area contributed by atoms with E-state index in [0.29, 0.717) is 12.4 Å². The van der Waals surface area contributed by atoms with Crippen LogP contribution in [0.5, 0.6) is 5.75 Å². The summed E-state index contributed by atoms with van der Waals surface area (Å²) in [6, 6.07) is 12.7. The van der Waals surface area contributed by atoms with Gasteiger partial charge in [-0.1, -0.05) is 18.2 Å². The average Bonchev–Trinajstić information content (AvgIpc) is 2.88. The third-order valence-electron chi connectivity index (χ3n) is 3.38. The van der Waals surface area contributed by atoms with Crippen molar-refractivity contribution >= 4 is 21.4 Å². The zero-order chi connectivity index (χ0) is 14.8. The van der Waals surface area contributed by atoms with Crippen molar-refractivity contribution in [1.82, 2.24) is 0 Å². The summed E-state index contributed by atoms with van der Waals surface area (Å²) >= 11 is 1.67. The van der Waals surface area contributed by atoms with E-state index in [1.54, 1.807) is 23.5 Å². The molecule has 0 fully saturated rings. The number of aliphatic hydroxyl groups is 1. The van der Waals surface area contributed by atoms with Crippen LogP contribution in [-0.4, -0.2) is 5.11 Å². The molecule has 0 aliphatic heterocycles. The van der Waals surface area contributed by atoms with Gasteiger partial charge in [0, 0.05) is 21.9 Å². The van der Waals surface area contributed by atoms with Crippen LogP contribution in [0.15, 0.2) is 47.8 Å². The summed E-state index contributed by atoms with van der Waals surface area (Å²) < 4.78 is 20.7. The topological polar surface area (TPSA) is 29.5 Å². The summed E-state index contributed by atoms with van der Waals surface area (Å²) in [6.45, 7) is 1.94. The maximum Gasteiger partial charge on any atom is 0.132 e. The molecule has 21 heavy (non-hydrogen) atoms. The van der Waals surface area contributed by atoms with Crippen molar-refractivity contribution in [2.24, 2.45) is 0 Å². The summed E-state index contributed by atoms with van der Waals surface area (Å²) in [5.74, 6) is 0.0184. The van der Waals surface area contributed by atoms with E-state index in [2.05, 4.69) is 17.5 Å². The minimum atomic E-state index is -0.820. The first-order valence-corrected chi connectivity index (χ1v) is 7.58. The van der Waals surface area contributed by atoms with Crippen molar-refractivity contribution in [3.05, 3.63) is 64.8 Å². The second-order valence-electron chi connectivity index (χ2n) is 4.91. The standard InChI is InChI=1S/C17H15FO2S/c1-11(19)14-7-6-13(8-16(14)18)20-9-12-10-21-17-5-3-2-4-15(12)17/h2-8,10-11,19H,9H2,1H3. The molecular formula is C17H15FO2S. The number of hydrogen-bond acceptors (Lipinski definition) is 3. The molecule has 0 saturated carbocycles. The highest BCUT2D eigenvalue weighted by molar-refractivity contribution is 7.17. The molecule has 0 spiro atoms. The predicted octanol–water partition coefficient (Wildman–Crippen LogP) is 4.67. The molecule has 1 unspecified atom stereocenters. The molecule has 4 heteroatoms. The third-order valence-corrected chi connectivity index (χ3v) is 4.39. The van der Waals surface area contributed by atoms with Crippen molar-refractivity contribution in [2.75, 3.05) is 0 Å². The number of rotatable bonds is 4. The lowest BCUT2D eigenvalue weighted by Gasteiger charge is -2.09. The predicted molar refractivity (Wildman–Crippen MR) is 83.2 cm³/mol. The van der Waals surface area contributed by atoms with Gasteiger partial charge in [0.1, 0.15) is 18.2 Å². The van der Waals surface area contributed by atoms with Gasteiger partial charge in [0.15, 0.2) is 0 Å². The van der Waals surface area contributed by atoms with Crippen molar-refractivity contribution in [1.29, 1.82) is 0 Å². The Balaban J connectivity index is 1.77. The SMILES string of the molecule is CC(O)c1ccc(OCc2csc3ccccc23)cc1F. The maximum atomic E-state index is 13.8. The number of fused-ring (bicyclic) bond motifs is 1. The molecule has 1 N–H and O–H groups in total. The quantitative estimate of drug-likeness (QED) is 0.758. The molecule has 0 bridgehead atoms. The highest BCUT2D eigenvalue weighted by Gasteiger charge is 2.10. The lowest BCUT2D eigenvalue weighted by Crippen LogP contribution is -1.99. The van der Waals surface area contributed by atoms with Crippen molar-refractivity contribution in [2.45, 2.75) is 19.6 Å². The molecule has 0 aliphatic carbocycles. The van der Waals surface area contributed by atoms with Crippen LogP contribution in [0.2, 0.25) is 0 Å². The first-order chi connectivity index (χ1) is 10.1. The number of halogens is 1. The second kappa shape index (κ2) is 5.84. The summed E-state index contributed by atoms with van der Waals surface area (Å²) in [6.07, 6.45) is -0.820. The molecule has 0 aliphatic rings. The zero-order valence-electron chi connectivity index (χ0n) is 11.5. The van der Waals surface area contributed by atoms with Crippen LogP contribution >= 0.6 is 11.3 Å². The van der Waals surface area contributed by atoms with E-state index in [0.717, 1.165) is 5.56 Å². The minimum absolute atomic E-state index is 0.281. The third kappa shape index (κ3) is 2.91. The molecule has 3 rings (SSSR count). The van der Waals surface area contributed by atoms with Crippen molar-refractivity contribution < 1.29 is 14.2 Å². The fraction of sp³-hybridized carbons (Fsp3) is 0.176. The largest absolute Gasteiger partial charge is 0.489 e. The van der Waals surface area contributed by atoms with Gasteiger partial charge in [0.2, 0.25) is 0 Å². The van der Waals surface area contributed by atoms with Crippen LogP contribution in [0.1, 0.15) is 24.2 Å². The molecule has 2 aromatic carbocycles. The van der Waals surface area contributed by atoms with E-state index in [-0.39, 0.29) is 5.56 Å². The smallest absolute Gasteiger partial charge is 0.132 e. The Labute approximate surface area is 126 Å². The Bertz CT molecular complexity index is 764. The van der Waals surface area contributed by atoms with Gasteiger partial charge in [0.05, 0.1) is 6.10 Å². The van der Waals surface area contributed by atoms with Crippen molar-refractivity contribution in [3.63, 3.8) is 0 Å². The molecular weight excluding hydrogens is 287 g/mol. The van der Waals surface area contributed by atoms with Crippen LogP contribution in [0, 0.1) is 5.82 Å². The van der Waals surface area contributed by atoms with E-state index in [1.165, 1.54) is 23.1 Å². The molecule has 1 heterocycles. The lowest BCUT2D eigenvalue weighted by molar-refractivity contribution is 0.194. The Morgan fingerprint density at radius 3 is 2.81 bits per heavy atom. The Morgan fingerprint density at radius 1 is 1.24 bits per heavy atom. The van der Waals surface area contributed by atoms with Crippen molar-refractivity contribution in [3.8, 4) is 5.75 Å². The van der Waals surface area contributed by atoms with Gasteiger partial charge in [-0.05, 0) is 35.9 Å². The first-order valence-electron chi connectivity index (χ1n) is 6.70. The fourth-order valence-electron chi connectivity index (χ4n) is 2.24. The van der Waals surface area contributed by atoms with E-state index in [4.69, 9.17) is 4.74 Å². The normalized spacial score (nSPS) is 12.5. The number of thiophene rings is 1. The summed E-state index contributed by atoms with van der Waals surface area (Å²) in [4.78, 5) is 0. The van der Waals surface area contributed by atoms with Gasteiger partial charge in [-0.25, -0.2) is 4.39 Å². The highest BCUT2D eigenvalue weighted by Crippen LogP contribution is 2.27.